The van der Waals surface area contributed by atoms with Crippen LogP contribution in [0.4, 0.5) is 5.82 Å². The third kappa shape index (κ3) is 2.71. The van der Waals surface area contributed by atoms with E-state index >= 15 is 0 Å². The zero-order valence-electron chi connectivity index (χ0n) is 12.9. The molecule has 4 rings (SSSR count). The van der Waals surface area contributed by atoms with Gasteiger partial charge < -0.3 is 15.7 Å². The largest absolute Gasteiger partial charge is 0.391 e. The molecule has 0 saturated carbocycles. The molecule has 0 radical (unpaired) electrons. The number of pyridine rings is 1. The molecule has 4 heterocycles. The van der Waals surface area contributed by atoms with Gasteiger partial charge in [0.2, 0.25) is 0 Å². The molecule has 0 aromatic carbocycles. The number of halogens is 1. The van der Waals surface area contributed by atoms with Gasteiger partial charge in [-0.3, -0.25) is 4.40 Å². The van der Waals surface area contributed by atoms with Gasteiger partial charge >= 0.3 is 0 Å². The highest BCUT2D eigenvalue weighted by Gasteiger charge is 2.25. The molecular weight excluding hydrogens is 328 g/mol. The van der Waals surface area contributed by atoms with Crippen LogP contribution in [0, 0.1) is 0 Å². The van der Waals surface area contributed by atoms with Gasteiger partial charge in [0.25, 0.3) is 0 Å². The summed E-state index contributed by atoms with van der Waals surface area (Å²) in [7, 11) is 0. The zero-order chi connectivity index (χ0) is 16.7. The molecule has 24 heavy (non-hydrogen) atoms. The molecule has 124 valence electrons. The lowest BCUT2D eigenvalue weighted by molar-refractivity contribution is 0.124. The first kappa shape index (κ1) is 15.3. The lowest BCUT2D eigenvalue weighted by Crippen LogP contribution is -2.51. The summed E-state index contributed by atoms with van der Waals surface area (Å²) in [6, 6.07) is 5.22. The van der Waals surface area contributed by atoms with Crippen molar-refractivity contribution in [3.63, 3.8) is 0 Å². The summed E-state index contributed by atoms with van der Waals surface area (Å²) in [5.41, 5.74) is 7.52. The van der Waals surface area contributed by atoms with Crippen molar-refractivity contribution in [2.45, 2.75) is 18.6 Å². The first-order valence-electron chi connectivity index (χ1n) is 7.76. The molecule has 3 aromatic heterocycles. The van der Waals surface area contributed by atoms with Crippen LogP contribution in [-0.2, 0) is 0 Å². The molecule has 0 unspecified atom stereocenters. The Kier molecular flexibility index (Phi) is 3.84. The van der Waals surface area contributed by atoms with Gasteiger partial charge in [0.05, 0.1) is 17.3 Å². The van der Waals surface area contributed by atoms with E-state index in [0.29, 0.717) is 30.4 Å². The molecule has 1 saturated heterocycles. The summed E-state index contributed by atoms with van der Waals surface area (Å²) < 4.78 is 1.87. The fourth-order valence-corrected chi connectivity index (χ4v) is 3.11. The summed E-state index contributed by atoms with van der Waals surface area (Å²) in [6.45, 7) is 1.28. The van der Waals surface area contributed by atoms with Crippen LogP contribution in [-0.4, -0.2) is 49.7 Å². The van der Waals surface area contributed by atoms with Crippen molar-refractivity contribution < 1.29 is 5.11 Å². The summed E-state index contributed by atoms with van der Waals surface area (Å²) in [5.74, 6) is 1.36. The number of piperidine rings is 1. The standard InChI is InChI=1S/C16H17ClN6O/c17-10-1-2-14-20-7-12(23(14)8-10)16-19-5-3-15(21-16)22-6-4-13(24)11(18)9-22/h1-3,5,7-8,11,13,24H,4,6,9,18H2/t11-,13-/m1/s1. The molecule has 0 aliphatic carbocycles. The van der Waals surface area contributed by atoms with Gasteiger partial charge in [0, 0.05) is 31.5 Å². The van der Waals surface area contributed by atoms with E-state index in [1.807, 2.05) is 16.5 Å². The van der Waals surface area contributed by atoms with Gasteiger partial charge in [-0.15, -0.1) is 0 Å². The predicted octanol–water partition coefficient (Wildman–Crippen LogP) is 1.34. The SMILES string of the molecule is N[C@@H]1CN(c2ccnc(-c3cnc4ccc(Cl)cn34)n2)CC[C@H]1O. The van der Waals surface area contributed by atoms with Crippen molar-refractivity contribution >= 4 is 23.1 Å². The van der Waals surface area contributed by atoms with E-state index in [2.05, 4.69) is 19.9 Å². The molecule has 0 bridgehead atoms. The number of nitrogens with zero attached hydrogens (tertiary/aromatic N) is 5. The maximum absolute atomic E-state index is 9.78. The number of nitrogens with two attached hydrogens (primary N) is 1. The van der Waals surface area contributed by atoms with E-state index in [1.54, 1.807) is 24.7 Å². The highest BCUT2D eigenvalue weighted by molar-refractivity contribution is 6.30. The molecule has 2 atom stereocenters. The van der Waals surface area contributed by atoms with Crippen LogP contribution in [0.5, 0.6) is 0 Å². The van der Waals surface area contributed by atoms with Crippen LogP contribution in [0.15, 0.2) is 36.8 Å². The van der Waals surface area contributed by atoms with Crippen molar-refractivity contribution in [2.24, 2.45) is 5.73 Å². The van der Waals surface area contributed by atoms with Crippen molar-refractivity contribution in [1.29, 1.82) is 0 Å². The topological polar surface area (TPSA) is 92.6 Å². The van der Waals surface area contributed by atoms with Crippen LogP contribution in [0.1, 0.15) is 6.42 Å². The second kappa shape index (κ2) is 6.01. The number of hydrogen-bond acceptors (Lipinski definition) is 6. The van der Waals surface area contributed by atoms with Gasteiger partial charge in [0.15, 0.2) is 5.82 Å². The first-order valence-corrected chi connectivity index (χ1v) is 8.14. The van der Waals surface area contributed by atoms with Crippen LogP contribution in [0.25, 0.3) is 17.2 Å². The number of fused-ring (bicyclic) bond motifs is 1. The molecule has 0 spiro atoms. The Morgan fingerprint density at radius 3 is 2.96 bits per heavy atom. The average Bonchev–Trinajstić information content (AvgIpc) is 3.00. The highest BCUT2D eigenvalue weighted by atomic mass is 35.5. The number of aliphatic hydroxyl groups is 1. The first-order chi connectivity index (χ1) is 11.6. The van der Waals surface area contributed by atoms with E-state index in [9.17, 15) is 5.11 Å². The van der Waals surface area contributed by atoms with E-state index in [4.69, 9.17) is 17.3 Å². The Morgan fingerprint density at radius 2 is 2.12 bits per heavy atom. The lowest BCUT2D eigenvalue weighted by Gasteiger charge is -2.34. The van der Waals surface area contributed by atoms with Gasteiger partial charge in [-0.2, -0.15) is 0 Å². The smallest absolute Gasteiger partial charge is 0.180 e. The lowest BCUT2D eigenvalue weighted by atomic mass is 10.0. The van der Waals surface area contributed by atoms with E-state index in [-0.39, 0.29) is 6.04 Å². The Bertz CT molecular complexity index is 882. The highest BCUT2D eigenvalue weighted by Crippen LogP contribution is 2.23. The third-order valence-corrected chi connectivity index (χ3v) is 4.51. The van der Waals surface area contributed by atoms with Crippen molar-refractivity contribution in [2.75, 3.05) is 18.0 Å². The molecule has 1 fully saturated rings. The van der Waals surface area contributed by atoms with Crippen molar-refractivity contribution in [3.05, 3.63) is 41.8 Å². The average molecular weight is 345 g/mol. The molecule has 0 amide bonds. The molecule has 3 N–H and O–H groups in total. The second-order valence-electron chi connectivity index (χ2n) is 5.92. The van der Waals surface area contributed by atoms with E-state index in [1.165, 1.54) is 0 Å². The molecule has 8 heteroatoms. The summed E-state index contributed by atoms with van der Waals surface area (Å²) >= 11 is 6.08. The van der Waals surface area contributed by atoms with Crippen LogP contribution in [0.3, 0.4) is 0 Å². The fraction of sp³-hybridized carbons (Fsp3) is 0.312. The third-order valence-electron chi connectivity index (χ3n) is 4.28. The van der Waals surface area contributed by atoms with Gasteiger partial charge in [-0.1, -0.05) is 11.6 Å². The number of aliphatic hydroxyl groups excluding tert-OH is 1. The maximum Gasteiger partial charge on any atom is 0.180 e. The number of anilines is 1. The maximum atomic E-state index is 9.78. The van der Waals surface area contributed by atoms with Crippen molar-refractivity contribution in [3.8, 4) is 11.5 Å². The molecule has 3 aromatic rings. The molecule has 1 aliphatic heterocycles. The van der Waals surface area contributed by atoms with Gasteiger partial charge in [-0.25, -0.2) is 15.0 Å². The number of aromatic nitrogens is 4. The molecular formula is C16H17ClN6O. The van der Waals surface area contributed by atoms with Crippen LogP contribution < -0.4 is 10.6 Å². The van der Waals surface area contributed by atoms with Crippen molar-refractivity contribution in [1.82, 2.24) is 19.4 Å². The minimum atomic E-state index is -0.455. The fourth-order valence-electron chi connectivity index (χ4n) is 2.95. The number of imidazole rings is 1. The van der Waals surface area contributed by atoms with Crippen LogP contribution in [0.2, 0.25) is 5.02 Å². The molecule has 7 nitrogen and oxygen atoms in total. The normalized spacial score (nSPS) is 21.4. The number of rotatable bonds is 2. The van der Waals surface area contributed by atoms with Gasteiger partial charge in [-0.05, 0) is 24.6 Å². The Balaban J connectivity index is 1.71. The second-order valence-corrected chi connectivity index (χ2v) is 6.36. The Hall–Kier alpha value is -2.22. The summed E-state index contributed by atoms with van der Waals surface area (Å²) in [6.07, 6.45) is 5.42. The minimum Gasteiger partial charge on any atom is -0.391 e. The predicted molar refractivity (Wildman–Crippen MR) is 92.0 cm³/mol. The summed E-state index contributed by atoms with van der Waals surface area (Å²) in [5, 5.41) is 10.4. The van der Waals surface area contributed by atoms with Gasteiger partial charge in [0.1, 0.15) is 17.2 Å². The number of hydrogen-bond donors (Lipinski definition) is 2. The monoisotopic (exact) mass is 344 g/mol. The van der Waals surface area contributed by atoms with E-state index < -0.39 is 6.10 Å². The molecule has 1 aliphatic rings. The Morgan fingerprint density at radius 1 is 1.25 bits per heavy atom. The van der Waals surface area contributed by atoms with E-state index in [0.717, 1.165) is 17.2 Å². The zero-order valence-corrected chi connectivity index (χ0v) is 13.6. The summed E-state index contributed by atoms with van der Waals surface area (Å²) in [4.78, 5) is 15.4. The Labute approximate surface area is 143 Å². The quantitative estimate of drug-likeness (QED) is 0.729. The minimum absolute atomic E-state index is 0.272. The van der Waals surface area contributed by atoms with Crippen LogP contribution >= 0.6 is 11.6 Å².